The minimum absolute atomic E-state index is 0.0508. The number of benzene rings is 1. The lowest BCUT2D eigenvalue weighted by molar-refractivity contribution is 0.104. The third-order valence-electron chi connectivity index (χ3n) is 3.57. The Hall–Kier alpha value is -2.19. The van der Waals surface area contributed by atoms with Gasteiger partial charge < -0.3 is 4.74 Å². The molecule has 1 aliphatic heterocycles. The van der Waals surface area contributed by atoms with E-state index in [1.54, 1.807) is 4.68 Å². The fourth-order valence-corrected chi connectivity index (χ4v) is 2.50. The van der Waals surface area contributed by atoms with Crippen LogP contribution in [0.25, 0.3) is 0 Å². The highest BCUT2D eigenvalue weighted by Crippen LogP contribution is 2.30. The molecule has 0 spiro atoms. The van der Waals surface area contributed by atoms with Gasteiger partial charge in [-0.3, -0.25) is 0 Å². The fraction of sp³-hybridized carbons (Fsp3) is 0.400. The minimum Gasteiger partial charge on any atom is -0.372 e. The van der Waals surface area contributed by atoms with Crippen LogP contribution in [0.3, 0.4) is 0 Å². The lowest BCUT2D eigenvalue weighted by atomic mass is 10.1. The second kappa shape index (κ2) is 5.43. The van der Waals surface area contributed by atoms with E-state index in [1.165, 1.54) is 5.56 Å². The smallest absolute Gasteiger partial charge is 0.188 e. The first kappa shape index (κ1) is 12.8. The van der Waals surface area contributed by atoms with Crippen molar-refractivity contribution in [2.45, 2.75) is 32.4 Å². The maximum Gasteiger partial charge on any atom is 0.188 e. The summed E-state index contributed by atoms with van der Waals surface area (Å²) in [5, 5.41) is 17.3. The van der Waals surface area contributed by atoms with Crippen LogP contribution < -0.4 is 0 Å². The minimum atomic E-state index is -0.0508. The molecule has 1 unspecified atom stereocenters. The molecule has 102 valence electrons. The molecule has 5 heteroatoms. The standard InChI is InChI=1S/C15H16N4O/c1-11-4-6-12(7-5-11)10-19-15(13(9-16)17-18-19)14-3-2-8-20-14/h4-7,14H,2-3,8,10H2,1H3. The van der Waals surface area contributed by atoms with Gasteiger partial charge in [0.1, 0.15) is 17.9 Å². The second-order valence-corrected chi connectivity index (χ2v) is 5.08. The molecule has 0 saturated carbocycles. The number of nitrogens with zero attached hydrogens (tertiary/aromatic N) is 4. The second-order valence-electron chi connectivity index (χ2n) is 5.08. The molecule has 5 nitrogen and oxygen atoms in total. The molecule has 1 aromatic carbocycles. The topological polar surface area (TPSA) is 63.7 Å². The molecule has 1 atom stereocenters. The van der Waals surface area contributed by atoms with Gasteiger partial charge in [-0.25, -0.2) is 4.68 Å². The summed E-state index contributed by atoms with van der Waals surface area (Å²) in [5.41, 5.74) is 3.56. The van der Waals surface area contributed by atoms with E-state index in [2.05, 4.69) is 47.6 Å². The van der Waals surface area contributed by atoms with Crippen LogP contribution >= 0.6 is 0 Å². The molecule has 3 rings (SSSR count). The zero-order valence-electron chi connectivity index (χ0n) is 11.4. The third-order valence-corrected chi connectivity index (χ3v) is 3.57. The molecule has 0 N–H and O–H groups in total. The summed E-state index contributed by atoms with van der Waals surface area (Å²) in [7, 11) is 0. The van der Waals surface area contributed by atoms with Gasteiger partial charge in [-0.1, -0.05) is 35.0 Å². The number of rotatable bonds is 3. The van der Waals surface area contributed by atoms with E-state index in [9.17, 15) is 5.26 Å². The molecule has 2 heterocycles. The summed E-state index contributed by atoms with van der Waals surface area (Å²) in [6.07, 6.45) is 1.89. The molecule has 1 aromatic heterocycles. The molecule has 1 fully saturated rings. The predicted octanol–water partition coefficient (Wildman–Crippen LogP) is 2.36. The van der Waals surface area contributed by atoms with E-state index in [0.717, 1.165) is 30.7 Å². The van der Waals surface area contributed by atoms with Crippen LogP contribution in [0.15, 0.2) is 24.3 Å². The van der Waals surface area contributed by atoms with Gasteiger partial charge in [0.25, 0.3) is 0 Å². The van der Waals surface area contributed by atoms with Crippen LogP contribution in [-0.2, 0) is 11.3 Å². The van der Waals surface area contributed by atoms with E-state index in [-0.39, 0.29) is 6.10 Å². The molecule has 2 aromatic rings. The zero-order valence-corrected chi connectivity index (χ0v) is 11.4. The van der Waals surface area contributed by atoms with Crippen molar-refractivity contribution in [2.24, 2.45) is 0 Å². The quantitative estimate of drug-likeness (QED) is 0.857. The van der Waals surface area contributed by atoms with Crippen LogP contribution in [0.2, 0.25) is 0 Å². The normalized spacial score (nSPS) is 18.1. The summed E-state index contributed by atoms with van der Waals surface area (Å²) in [6, 6.07) is 10.4. The van der Waals surface area contributed by atoms with Crippen molar-refractivity contribution >= 4 is 0 Å². The third kappa shape index (κ3) is 2.43. The monoisotopic (exact) mass is 268 g/mol. The van der Waals surface area contributed by atoms with E-state index in [1.807, 2.05) is 0 Å². The van der Waals surface area contributed by atoms with Crippen molar-refractivity contribution in [3.05, 3.63) is 46.8 Å². The van der Waals surface area contributed by atoms with E-state index in [0.29, 0.717) is 12.2 Å². The summed E-state index contributed by atoms with van der Waals surface area (Å²) in [4.78, 5) is 0. The van der Waals surface area contributed by atoms with Crippen LogP contribution in [0.1, 0.15) is 41.5 Å². The lowest BCUT2D eigenvalue weighted by Gasteiger charge is -2.12. The fourth-order valence-electron chi connectivity index (χ4n) is 2.50. The average Bonchev–Trinajstić information content (AvgIpc) is 3.10. The van der Waals surface area contributed by atoms with Crippen LogP contribution in [0, 0.1) is 18.3 Å². The summed E-state index contributed by atoms with van der Waals surface area (Å²) < 4.78 is 7.48. The Kier molecular flexibility index (Phi) is 3.48. The molecule has 0 bridgehead atoms. The summed E-state index contributed by atoms with van der Waals surface area (Å²) >= 11 is 0. The van der Waals surface area contributed by atoms with Gasteiger partial charge in [-0.05, 0) is 25.3 Å². The zero-order chi connectivity index (χ0) is 13.9. The van der Waals surface area contributed by atoms with Crippen molar-refractivity contribution in [1.29, 1.82) is 5.26 Å². The number of hydrogen-bond acceptors (Lipinski definition) is 4. The maximum absolute atomic E-state index is 9.17. The SMILES string of the molecule is Cc1ccc(Cn2nnc(C#N)c2C2CCCO2)cc1. The van der Waals surface area contributed by atoms with Gasteiger partial charge in [-0.2, -0.15) is 5.26 Å². The van der Waals surface area contributed by atoms with E-state index in [4.69, 9.17) is 4.74 Å². The van der Waals surface area contributed by atoms with Gasteiger partial charge in [-0.15, -0.1) is 5.10 Å². The first-order valence-corrected chi connectivity index (χ1v) is 6.78. The van der Waals surface area contributed by atoms with Gasteiger partial charge in [0.05, 0.1) is 6.54 Å². The van der Waals surface area contributed by atoms with Crippen molar-refractivity contribution in [3.8, 4) is 6.07 Å². The number of ether oxygens (including phenoxy) is 1. The van der Waals surface area contributed by atoms with Gasteiger partial charge in [0.2, 0.25) is 0 Å². The highest BCUT2D eigenvalue weighted by atomic mass is 16.5. The van der Waals surface area contributed by atoms with E-state index >= 15 is 0 Å². The number of hydrogen-bond donors (Lipinski definition) is 0. The van der Waals surface area contributed by atoms with E-state index < -0.39 is 0 Å². The molecule has 0 amide bonds. The molecule has 20 heavy (non-hydrogen) atoms. The molecule has 1 saturated heterocycles. The molecule has 0 radical (unpaired) electrons. The molecule has 1 aliphatic rings. The Morgan fingerprint density at radius 3 is 2.85 bits per heavy atom. The summed E-state index contributed by atoms with van der Waals surface area (Å²) in [5.74, 6) is 0. The number of nitriles is 1. The Morgan fingerprint density at radius 2 is 2.20 bits per heavy atom. The maximum atomic E-state index is 9.17. The van der Waals surface area contributed by atoms with Crippen molar-refractivity contribution < 1.29 is 4.74 Å². The Bertz CT molecular complexity index is 633. The van der Waals surface area contributed by atoms with Gasteiger partial charge in [0, 0.05) is 6.61 Å². The van der Waals surface area contributed by atoms with Crippen molar-refractivity contribution in [1.82, 2.24) is 15.0 Å². The van der Waals surface area contributed by atoms with Crippen molar-refractivity contribution in [3.63, 3.8) is 0 Å². The van der Waals surface area contributed by atoms with Crippen LogP contribution in [0.5, 0.6) is 0 Å². The van der Waals surface area contributed by atoms with Gasteiger partial charge in [0.15, 0.2) is 5.69 Å². The average molecular weight is 268 g/mol. The molecular formula is C15H16N4O. The Morgan fingerprint density at radius 1 is 1.40 bits per heavy atom. The van der Waals surface area contributed by atoms with Crippen LogP contribution in [0.4, 0.5) is 0 Å². The Labute approximate surface area is 117 Å². The first-order valence-electron chi connectivity index (χ1n) is 6.78. The highest BCUT2D eigenvalue weighted by molar-refractivity contribution is 5.28. The number of aryl methyl sites for hydroxylation is 1. The summed E-state index contributed by atoms with van der Waals surface area (Å²) in [6.45, 7) is 3.42. The molecular weight excluding hydrogens is 252 g/mol. The first-order chi connectivity index (χ1) is 9.78. The largest absolute Gasteiger partial charge is 0.372 e. The Balaban J connectivity index is 1.91. The van der Waals surface area contributed by atoms with Gasteiger partial charge >= 0.3 is 0 Å². The predicted molar refractivity (Wildman–Crippen MR) is 72.9 cm³/mol. The van der Waals surface area contributed by atoms with Crippen LogP contribution in [-0.4, -0.2) is 21.6 Å². The highest BCUT2D eigenvalue weighted by Gasteiger charge is 2.26. The number of aromatic nitrogens is 3. The molecule has 0 aliphatic carbocycles. The lowest BCUT2D eigenvalue weighted by Crippen LogP contribution is -2.11. The van der Waals surface area contributed by atoms with Crippen molar-refractivity contribution in [2.75, 3.05) is 6.61 Å².